The van der Waals surface area contributed by atoms with E-state index in [0.29, 0.717) is 19.7 Å². The summed E-state index contributed by atoms with van der Waals surface area (Å²) in [6.07, 6.45) is 0.776. The number of amides is 2. The second-order valence-corrected chi connectivity index (χ2v) is 4.00. The lowest BCUT2D eigenvalue weighted by molar-refractivity contribution is -0.134. The molecule has 0 aromatic heterocycles. The van der Waals surface area contributed by atoms with Crippen LogP contribution in [0.15, 0.2) is 0 Å². The first-order valence-corrected chi connectivity index (χ1v) is 5.96. The van der Waals surface area contributed by atoms with Gasteiger partial charge in [0.25, 0.3) is 0 Å². The lowest BCUT2D eigenvalue weighted by atomic mass is 10.2. The van der Waals surface area contributed by atoms with Crippen LogP contribution in [-0.2, 0) is 14.3 Å². The molecular weight excluding hydrogens is 222 g/mol. The first kappa shape index (κ1) is 13.9. The fourth-order valence-electron chi connectivity index (χ4n) is 1.85. The smallest absolute Gasteiger partial charge is 0.240 e. The molecule has 1 aliphatic rings. The van der Waals surface area contributed by atoms with E-state index in [0.717, 1.165) is 13.0 Å². The van der Waals surface area contributed by atoms with Crippen LogP contribution in [0, 0.1) is 0 Å². The Morgan fingerprint density at radius 2 is 2.35 bits per heavy atom. The Balaban J connectivity index is 2.28. The molecule has 2 amide bonds. The maximum atomic E-state index is 11.8. The van der Waals surface area contributed by atoms with Crippen LogP contribution in [0.2, 0.25) is 0 Å². The van der Waals surface area contributed by atoms with Crippen molar-refractivity contribution in [3.63, 3.8) is 0 Å². The van der Waals surface area contributed by atoms with Crippen LogP contribution in [-0.4, -0.2) is 62.7 Å². The van der Waals surface area contributed by atoms with Crippen molar-refractivity contribution in [3.8, 4) is 0 Å². The molecule has 1 heterocycles. The molecule has 1 saturated heterocycles. The summed E-state index contributed by atoms with van der Waals surface area (Å²) in [6.45, 7) is 4.49. The Morgan fingerprint density at radius 1 is 1.59 bits per heavy atom. The number of ether oxygens (including phenoxy) is 1. The van der Waals surface area contributed by atoms with Gasteiger partial charge in [-0.25, -0.2) is 0 Å². The average Bonchev–Trinajstić information content (AvgIpc) is 2.63. The van der Waals surface area contributed by atoms with Crippen molar-refractivity contribution in [2.24, 2.45) is 0 Å². The predicted molar refractivity (Wildman–Crippen MR) is 63.5 cm³/mol. The number of carbonyl (C=O) groups excluding carboxylic acids is 2. The summed E-state index contributed by atoms with van der Waals surface area (Å²) in [4.78, 5) is 24.9. The summed E-state index contributed by atoms with van der Waals surface area (Å²) in [6, 6.07) is -0.119. The van der Waals surface area contributed by atoms with Gasteiger partial charge in [0, 0.05) is 20.2 Å². The van der Waals surface area contributed by atoms with Gasteiger partial charge in [0.15, 0.2) is 0 Å². The number of nitrogens with one attached hydrogen (secondary N) is 2. The Bertz CT molecular complexity index is 271. The molecule has 0 aliphatic carbocycles. The maximum Gasteiger partial charge on any atom is 0.240 e. The van der Waals surface area contributed by atoms with Gasteiger partial charge >= 0.3 is 0 Å². The summed E-state index contributed by atoms with van der Waals surface area (Å²) < 4.78 is 4.83. The van der Waals surface area contributed by atoms with Crippen LogP contribution in [0.1, 0.15) is 13.3 Å². The fourth-order valence-corrected chi connectivity index (χ4v) is 1.85. The van der Waals surface area contributed by atoms with Crippen molar-refractivity contribution in [3.05, 3.63) is 0 Å². The van der Waals surface area contributed by atoms with E-state index in [1.165, 1.54) is 0 Å². The van der Waals surface area contributed by atoms with Crippen molar-refractivity contribution in [1.29, 1.82) is 0 Å². The number of likely N-dealkylation sites (N-methyl/N-ethyl adjacent to an activating group) is 1. The molecule has 17 heavy (non-hydrogen) atoms. The Labute approximate surface area is 102 Å². The highest BCUT2D eigenvalue weighted by Gasteiger charge is 2.31. The van der Waals surface area contributed by atoms with Crippen molar-refractivity contribution in [1.82, 2.24) is 15.5 Å². The van der Waals surface area contributed by atoms with Gasteiger partial charge < -0.3 is 20.3 Å². The van der Waals surface area contributed by atoms with Crippen LogP contribution >= 0.6 is 0 Å². The highest BCUT2D eigenvalue weighted by Crippen LogP contribution is 2.10. The predicted octanol–water partition coefficient (Wildman–Crippen LogP) is -1.04. The number of nitrogens with zero attached hydrogens (tertiary/aromatic N) is 1. The minimum absolute atomic E-state index is 0.0220. The first-order chi connectivity index (χ1) is 8.19. The Morgan fingerprint density at radius 3 is 3.00 bits per heavy atom. The zero-order valence-electron chi connectivity index (χ0n) is 10.5. The molecule has 1 atom stereocenters. The second kappa shape index (κ2) is 7.24. The van der Waals surface area contributed by atoms with E-state index < -0.39 is 0 Å². The molecule has 1 fully saturated rings. The van der Waals surface area contributed by atoms with E-state index in [1.807, 2.05) is 6.92 Å². The minimum atomic E-state index is -0.132. The van der Waals surface area contributed by atoms with Crippen molar-refractivity contribution in [2.75, 3.05) is 39.9 Å². The normalized spacial score (nSPS) is 19.8. The lowest BCUT2D eigenvalue weighted by Crippen LogP contribution is -2.43. The van der Waals surface area contributed by atoms with E-state index in [9.17, 15) is 9.59 Å². The number of hydrogen-bond acceptors (Lipinski definition) is 4. The van der Waals surface area contributed by atoms with Gasteiger partial charge in [0.2, 0.25) is 11.8 Å². The number of carbonyl (C=O) groups is 2. The van der Waals surface area contributed by atoms with E-state index in [2.05, 4.69) is 10.6 Å². The molecule has 6 nitrogen and oxygen atoms in total. The minimum Gasteiger partial charge on any atom is -0.383 e. The lowest BCUT2D eigenvalue weighted by Gasteiger charge is -2.16. The monoisotopic (exact) mass is 243 g/mol. The van der Waals surface area contributed by atoms with Gasteiger partial charge in [0.05, 0.1) is 19.2 Å². The molecule has 0 aromatic rings. The standard InChI is InChI=1S/C11H21N3O3/c1-3-12-9-4-6-14(11(9)16)8-10(15)13-5-7-17-2/h9,12H,3-8H2,1-2H3,(H,13,15). The second-order valence-electron chi connectivity index (χ2n) is 4.00. The highest BCUT2D eigenvalue weighted by molar-refractivity contribution is 5.89. The van der Waals surface area contributed by atoms with Gasteiger partial charge in [-0.1, -0.05) is 6.92 Å². The Kier molecular flexibility index (Phi) is 5.93. The number of rotatable bonds is 7. The van der Waals surface area contributed by atoms with Gasteiger partial charge in [-0.15, -0.1) is 0 Å². The quantitative estimate of drug-likeness (QED) is 0.560. The van der Waals surface area contributed by atoms with Gasteiger partial charge in [-0.05, 0) is 13.0 Å². The first-order valence-electron chi connectivity index (χ1n) is 5.96. The van der Waals surface area contributed by atoms with Gasteiger partial charge in [-0.3, -0.25) is 9.59 Å². The molecule has 1 rings (SSSR count). The third-order valence-corrected chi connectivity index (χ3v) is 2.71. The average molecular weight is 243 g/mol. The van der Waals surface area contributed by atoms with E-state index in [-0.39, 0.29) is 24.4 Å². The van der Waals surface area contributed by atoms with Crippen molar-refractivity contribution < 1.29 is 14.3 Å². The van der Waals surface area contributed by atoms with Gasteiger partial charge in [0.1, 0.15) is 0 Å². The van der Waals surface area contributed by atoms with Crippen LogP contribution in [0.5, 0.6) is 0 Å². The zero-order valence-corrected chi connectivity index (χ0v) is 10.5. The molecule has 0 saturated carbocycles. The largest absolute Gasteiger partial charge is 0.383 e. The highest BCUT2D eigenvalue weighted by atomic mass is 16.5. The molecule has 0 radical (unpaired) electrons. The summed E-state index contributed by atoms with van der Waals surface area (Å²) in [5.74, 6) is -0.110. The van der Waals surface area contributed by atoms with Crippen LogP contribution in [0.25, 0.3) is 0 Å². The third-order valence-electron chi connectivity index (χ3n) is 2.71. The number of methoxy groups -OCH3 is 1. The molecule has 0 aromatic carbocycles. The molecular formula is C11H21N3O3. The topological polar surface area (TPSA) is 70.7 Å². The van der Waals surface area contributed by atoms with E-state index >= 15 is 0 Å². The zero-order chi connectivity index (χ0) is 12.7. The van der Waals surface area contributed by atoms with Crippen molar-refractivity contribution >= 4 is 11.8 Å². The fraction of sp³-hybridized carbons (Fsp3) is 0.818. The molecule has 0 spiro atoms. The summed E-state index contributed by atoms with van der Waals surface area (Å²) >= 11 is 0. The number of hydrogen-bond donors (Lipinski definition) is 2. The molecule has 0 bridgehead atoms. The van der Waals surface area contributed by atoms with Crippen molar-refractivity contribution in [2.45, 2.75) is 19.4 Å². The Hall–Kier alpha value is -1.14. The third kappa shape index (κ3) is 4.32. The maximum absolute atomic E-state index is 11.8. The molecule has 2 N–H and O–H groups in total. The van der Waals surface area contributed by atoms with E-state index in [1.54, 1.807) is 12.0 Å². The molecule has 6 heteroatoms. The molecule has 98 valence electrons. The molecule has 1 aliphatic heterocycles. The van der Waals surface area contributed by atoms with Gasteiger partial charge in [-0.2, -0.15) is 0 Å². The van der Waals surface area contributed by atoms with Crippen LogP contribution < -0.4 is 10.6 Å². The van der Waals surface area contributed by atoms with Crippen LogP contribution in [0.4, 0.5) is 0 Å². The summed E-state index contributed by atoms with van der Waals surface area (Å²) in [7, 11) is 1.58. The van der Waals surface area contributed by atoms with Crippen LogP contribution in [0.3, 0.4) is 0 Å². The number of likely N-dealkylation sites (tertiary alicyclic amines) is 1. The summed E-state index contributed by atoms with van der Waals surface area (Å²) in [5, 5.41) is 5.81. The SMILES string of the molecule is CCNC1CCN(CC(=O)NCCOC)C1=O. The summed E-state index contributed by atoms with van der Waals surface area (Å²) in [5.41, 5.74) is 0. The molecule has 1 unspecified atom stereocenters. The van der Waals surface area contributed by atoms with E-state index in [4.69, 9.17) is 4.74 Å².